The Morgan fingerprint density at radius 2 is 1.83 bits per heavy atom. The van der Waals surface area contributed by atoms with Gasteiger partial charge >= 0.3 is 0 Å². The maximum Gasteiger partial charge on any atom is 0.133 e. The fraction of sp³-hybridized carbons (Fsp3) is 0.200. The Morgan fingerprint density at radius 3 is 2.54 bits per heavy atom. The van der Waals surface area contributed by atoms with Crippen LogP contribution in [-0.2, 0) is 6.54 Å². The van der Waals surface area contributed by atoms with Gasteiger partial charge in [-0.1, -0.05) is 42.5 Å². The topological polar surface area (TPSA) is 54.6 Å². The zero-order valence-electron chi connectivity index (χ0n) is 13.6. The van der Waals surface area contributed by atoms with Gasteiger partial charge in [0, 0.05) is 18.7 Å². The van der Waals surface area contributed by atoms with Crippen molar-refractivity contribution in [3.05, 3.63) is 78.3 Å². The van der Waals surface area contributed by atoms with Crippen molar-refractivity contribution in [1.29, 1.82) is 0 Å². The molecule has 0 aliphatic rings. The number of methoxy groups -OCH3 is 1. The maximum absolute atomic E-state index is 9.97. The first-order chi connectivity index (χ1) is 11.8. The SMILES string of the molecule is COc1ccccc1-c1ccc(CNCC(O)c2ccco2)cc1. The van der Waals surface area contributed by atoms with Crippen LogP contribution in [0.15, 0.2) is 71.3 Å². The zero-order valence-corrected chi connectivity index (χ0v) is 13.6. The number of furan rings is 1. The number of hydrogen-bond acceptors (Lipinski definition) is 4. The average molecular weight is 323 g/mol. The van der Waals surface area contributed by atoms with E-state index in [0.717, 1.165) is 22.4 Å². The normalized spacial score (nSPS) is 12.1. The molecule has 1 atom stereocenters. The highest BCUT2D eigenvalue weighted by molar-refractivity contribution is 5.70. The van der Waals surface area contributed by atoms with Crippen LogP contribution in [0.3, 0.4) is 0 Å². The van der Waals surface area contributed by atoms with E-state index in [-0.39, 0.29) is 0 Å². The predicted molar refractivity (Wildman–Crippen MR) is 93.8 cm³/mol. The van der Waals surface area contributed by atoms with Gasteiger partial charge < -0.3 is 19.6 Å². The molecule has 0 fully saturated rings. The number of para-hydroxylation sites is 1. The Hall–Kier alpha value is -2.56. The molecular weight excluding hydrogens is 302 g/mol. The van der Waals surface area contributed by atoms with Crippen LogP contribution < -0.4 is 10.1 Å². The van der Waals surface area contributed by atoms with Gasteiger partial charge in [-0.15, -0.1) is 0 Å². The van der Waals surface area contributed by atoms with Gasteiger partial charge in [0.2, 0.25) is 0 Å². The molecule has 0 saturated heterocycles. The monoisotopic (exact) mass is 323 g/mol. The van der Waals surface area contributed by atoms with Gasteiger partial charge in [0.05, 0.1) is 13.4 Å². The van der Waals surface area contributed by atoms with Crippen molar-refractivity contribution >= 4 is 0 Å². The quantitative estimate of drug-likeness (QED) is 0.695. The summed E-state index contributed by atoms with van der Waals surface area (Å²) < 4.78 is 10.6. The molecule has 0 aliphatic heterocycles. The molecule has 2 aromatic carbocycles. The summed E-state index contributed by atoms with van der Waals surface area (Å²) in [6.45, 7) is 1.13. The molecule has 0 aliphatic carbocycles. The Morgan fingerprint density at radius 1 is 1.04 bits per heavy atom. The fourth-order valence-electron chi connectivity index (χ4n) is 2.62. The summed E-state index contributed by atoms with van der Waals surface area (Å²) in [5.74, 6) is 1.44. The third-order valence-corrected chi connectivity index (χ3v) is 3.91. The van der Waals surface area contributed by atoms with Crippen LogP contribution in [0.4, 0.5) is 0 Å². The number of benzene rings is 2. The number of hydrogen-bond donors (Lipinski definition) is 2. The van der Waals surface area contributed by atoms with E-state index in [1.807, 2.05) is 24.3 Å². The summed E-state index contributed by atoms with van der Waals surface area (Å²) in [7, 11) is 1.68. The molecule has 1 unspecified atom stereocenters. The highest BCUT2D eigenvalue weighted by Crippen LogP contribution is 2.29. The molecule has 4 nitrogen and oxygen atoms in total. The predicted octanol–water partition coefficient (Wildman–Crippen LogP) is 3.78. The van der Waals surface area contributed by atoms with Crippen LogP contribution in [-0.4, -0.2) is 18.8 Å². The molecule has 0 amide bonds. The Bertz CT molecular complexity index is 751. The lowest BCUT2D eigenvalue weighted by Gasteiger charge is -2.11. The van der Waals surface area contributed by atoms with Crippen molar-refractivity contribution in [3.8, 4) is 16.9 Å². The number of aliphatic hydroxyl groups is 1. The maximum atomic E-state index is 9.97. The molecule has 124 valence electrons. The van der Waals surface area contributed by atoms with E-state index >= 15 is 0 Å². The van der Waals surface area contributed by atoms with E-state index in [2.05, 4.69) is 29.6 Å². The number of aliphatic hydroxyl groups excluding tert-OH is 1. The fourth-order valence-corrected chi connectivity index (χ4v) is 2.62. The first kappa shape index (κ1) is 16.3. The lowest BCUT2D eigenvalue weighted by atomic mass is 10.0. The summed E-state index contributed by atoms with van der Waals surface area (Å²) in [5.41, 5.74) is 3.35. The average Bonchev–Trinajstić information content (AvgIpc) is 3.17. The summed E-state index contributed by atoms with van der Waals surface area (Å²) >= 11 is 0. The third-order valence-electron chi connectivity index (χ3n) is 3.91. The molecule has 4 heteroatoms. The van der Waals surface area contributed by atoms with Crippen LogP contribution >= 0.6 is 0 Å². The van der Waals surface area contributed by atoms with E-state index in [1.54, 1.807) is 25.5 Å². The lowest BCUT2D eigenvalue weighted by Crippen LogP contribution is -2.20. The third kappa shape index (κ3) is 3.85. The first-order valence-electron chi connectivity index (χ1n) is 7.92. The van der Waals surface area contributed by atoms with E-state index < -0.39 is 6.10 Å². The van der Waals surface area contributed by atoms with Crippen molar-refractivity contribution in [2.75, 3.05) is 13.7 Å². The van der Waals surface area contributed by atoms with Crippen molar-refractivity contribution < 1.29 is 14.3 Å². The van der Waals surface area contributed by atoms with E-state index in [1.165, 1.54) is 0 Å². The van der Waals surface area contributed by atoms with Crippen molar-refractivity contribution in [3.63, 3.8) is 0 Å². The van der Waals surface area contributed by atoms with Gasteiger partial charge in [-0.2, -0.15) is 0 Å². The van der Waals surface area contributed by atoms with Gasteiger partial charge in [-0.25, -0.2) is 0 Å². The smallest absolute Gasteiger partial charge is 0.133 e. The minimum Gasteiger partial charge on any atom is -0.496 e. The van der Waals surface area contributed by atoms with Gasteiger partial charge in [0.25, 0.3) is 0 Å². The van der Waals surface area contributed by atoms with Crippen LogP contribution in [0.25, 0.3) is 11.1 Å². The summed E-state index contributed by atoms with van der Waals surface area (Å²) in [6.07, 6.45) is 0.933. The van der Waals surface area contributed by atoms with Crippen LogP contribution in [0.5, 0.6) is 5.75 Å². The van der Waals surface area contributed by atoms with Crippen LogP contribution in [0, 0.1) is 0 Å². The minimum atomic E-state index is -0.632. The standard InChI is InChI=1S/C20H21NO3/c1-23-19-6-3-2-5-17(19)16-10-8-15(9-11-16)13-21-14-18(22)20-7-4-12-24-20/h2-12,18,21-22H,13-14H2,1H3. The Balaban J connectivity index is 1.59. The molecule has 1 heterocycles. The molecule has 0 bridgehead atoms. The highest BCUT2D eigenvalue weighted by atomic mass is 16.5. The molecule has 0 radical (unpaired) electrons. The van der Waals surface area contributed by atoms with Crippen molar-refractivity contribution in [1.82, 2.24) is 5.32 Å². The van der Waals surface area contributed by atoms with E-state index in [4.69, 9.17) is 9.15 Å². The van der Waals surface area contributed by atoms with Gasteiger partial charge in [-0.3, -0.25) is 0 Å². The second-order valence-electron chi connectivity index (χ2n) is 5.56. The first-order valence-corrected chi connectivity index (χ1v) is 7.92. The minimum absolute atomic E-state index is 0.446. The summed E-state index contributed by atoms with van der Waals surface area (Å²) in [6, 6.07) is 19.8. The van der Waals surface area contributed by atoms with Crippen molar-refractivity contribution in [2.24, 2.45) is 0 Å². The summed E-state index contributed by atoms with van der Waals surface area (Å²) in [5, 5.41) is 13.2. The van der Waals surface area contributed by atoms with E-state index in [9.17, 15) is 5.11 Å². The van der Waals surface area contributed by atoms with Gasteiger partial charge in [0.15, 0.2) is 0 Å². The number of ether oxygens (including phenoxy) is 1. The van der Waals surface area contributed by atoms with Gasteiger partial charge in [-0.05, 0) is 29.3 Å². The lowest BCUT2D eigenvalue weighted by molar-refractivity contribution is 0.147. The second-order valence-corrected chi connectivity index (χ2v) is 5.56. The second kappa shape index (κ2) is 7.81. The molecule has 0 spiro atoms. The molecule has 3 aromatic rings. The molecule has 1 aromatic heterocycles. The summed E-state index contributed by atoms with van der Waals surface area (Å²) in [4.78, 5) is 0. The molecule has 3 rings (SSSR count). The molecule has 24 heavy (non-hydrogen) atoms. The highest BCUT2D eigenvalue weighted by Gasteiger charge is 2.09. The van der Waals surface area contributed by atoms with Crippen LogP contribution in [0.1, 0.15) is 17.4 Å². The molecule has 2 N–H and O–H groups in total. The molecule has 0 saturated carbocycles. The van der Waals surface area contributed by atoms with Gasteiger partial charge in [0.1, 0.15) is 17.6 Å². The number of nitrogens with one attached hydrogen (secondary N) is 1. The van der Waals surface area contributed by atoms with E-state index in [0.29, 0.717) is 18.8 Å². The Kier molecular flexibility index (Phi) is 5.31. The molecular formula is C20H21NO3. The zero-order chi connectivity index (χ0) is 16.8. The van der Waals surface area contributed by atoms with Crippen LogP contribution in [0.2, 0.25) is 0 Å². The number of rotatable bonds is 7. The van der Waals surface area contributed by atoms with Crippen molar-refractivity contribution in [2.45, 2.75) is 12.6 Å². The largest absolute Gasteiger partial charge is 0.496 e. The Labute approximate surface area is 141 Å².